The largest absolute Gasteiger partial charge is 0.340 e. The van der Waals surface area contributed by atoms with Crippen LogP contribution in [0.3, 0.4) is 0 Å². The number of aromatic amines is 1. The third kappa shape index (κ3) is 3.20. The van der Waals surface area contributed by atoms with Gasteiger partial charge >= 0.3 is 0 Å². The first-order chi connectivity index (χ1) is 14.9. The van der Waals surface area contributed by atoms with Crippen molar-refractivity contribution in [2.24, 2.45) is 0 Å². The van der Waals surface area contributed by atoms with Gasteiger partial charge in [0.05, 0.1) is 10.9 Å². The SMILES string of the molecule is CCc1cc2c(=O)c3c4ccc(C)cc4[nH]c3n(C(C)C)c2cc1C1CCN(C)CC1. The number of benzene rings is 2. The number of hydrogen-bond donors (Lipinski definition) is 1. The Morgan fingerprint density at radius 1 is 1.10 bits per heavy atom. The van der Waals surface area contributed by atoms with Gasteiger partial charge in [0.15, 0.2) is 5.43 Å². The summed E-state index contributed by atoms with van der Waals surface area (Å²) in [4.78, 5) is 19.8. The topological polar surface area (TPSA) is 41.0 Å². The van der Waals surface area contributed by atoms with E-state index in [4.69, 9.17) is 0 Å². The van der Waals surface area contributed by atoms with Gasteiger partial charge in [-0.1, -0.05) is 19.1 Å². The maximum atomic E-state index is 13.8. The van der Waals surface area contributed by atoms with Crippen LogP contribution in [0, 0.1) is 6.92 Å². The molecule has 0 unspecified atom stereocenters. The number of hydrogen-bond acceptors (Lipinski definition) is 2. The number of nitrogens with zero attached hydrogens (tertiary/aromatic N) is 2. The molecule has 4 aromatic rings. The van der Waals surface area contributed by atoms with Gasteiger partial charge in [0.25, 0.3) is 0 Å². The maximum absolute atomic E-state index is 13.8. The van der Waals surface area contributed by atoms with Crippen LogP contribution in [0.2, 0.25) is 0 Å². The second-order valence-corrected chi connectivity index (χ2v) is 9.69. The zero-order valence-corrected chi connectivity index (χ0v) is 19.4. The highest BCUT2D eigenvalue weighted by molar-refractivity contribution is 6.10. The summed E-state index contributed by atoms with van der Waals surface area (Å²) in [6.45, 7) is 11.0. The standard InChI is InChI=1S/C27H33N3O/c1-6-18-14-22-24(15-21(18)19-9-11-29(5)12-10-19)30(16(2)3)27-25(26(22)31)20-8-7-17(4)13-23(20)28-27/h7-8,13-16,19,28H,6,9-12H2,1-5H3. The zero-order chi connectivity index (χ0) is 21.9. The molecule has 2 aromatic heterocycles. The third-order valence-electron chi connectivity index (χ3n) is 7.22. The second-order valence-electron chi connectivity index (χ2n) is 9.69. The van der Waals surface area contributed by atoms with Gasteiger partial charge in [0.2, 0.25) is 0 Å². The van der Waals surface area contributed by atoms with Crippen LogP contribution in [-0.4, -0.2) is 34.6 Å². The quantitative estimate of drug-likeness (QED) is 0.453. The summed E-state index contributed by atoms with van der Waals surface area (Å²) in [7, 11) is 2.21. The first-order valence-electron chi connectivity index (χ1n) is 11.7. The number of nitrogens with one attached hydrogen (secondary N) is 1. The Labute approximate surface area is 183 Å². The number of H-pyrrole nitrogens is 1. The van der Waals surface area contributed by atoms with Gasteiger partial charge in [-0.3, -0.25) is 4.79 Å². The number of likely N-dealkylation sites (tertiary alicyclic amines) is 1. The monoisotopic (exact) mass is 415 g/mol. The lowest BCUT2D eigenvalue weighted by Crippen LogP contribution is -2.29. The van der Waals surface area contributed by atoms with Crippen molar-refractivity contribution in [2.75, 3.05) is 20.1 Å². The molecular formula is C27H33N3O. The Balaban J connectivity index is 1.87. The molecule has 1 fully saturated rings. The van der Waals surface area contributed by atoms with Crippen molar-refractivity contribution in [1.29, 1.82) is 0 Å². The molecule has 0 bridgehead atoms. The average molecular weight is 416 g/mol. The van der Waals surface area contributed by atoms with Crippen molar-refractivity contribution in [1.82, 2.24) is 14.5 Å². The molecule has 4 heteroatoms. The Kier molecular flexibility index (Phi) is 4.93. The van der Waals surface area contributed by atoms with Crippen molar-refractivity contribution < 1.29 is 0 Å². The van der Waals surface area contributed by atoms with E-state index in [1.807, 2.05) is 0 Å². The number of piperidine rings is 1. The minimum absolute atomic E-state index is 0.154. The van der Waals surface area contributed by atoms with Crippen molar-refractivity contribution in [3.63, 3.8) is 0 Å². The summed E-state index contributed by atoms with van der Waals surface area (Å²) >= 11 is 0. The van der Waals surface area contributed by atoms with Crippen molar-refractivity contribution in [2.45, 2.75) is 58.9 Å². The molecule has 1 N–H and O–H groups in total. The number of rotatable bonds is 3. The first kappa shape index (κ1) is 20.3. The molecule has 5 rings (SSSR count). The fourth-order valence-corrected chi connectivity index (χ4v) is 5.54. The molecule has 0 saturated carbocycles. The molecule has 2 aromatic carbocycles. The van der Waals surface area contributed by atoms with Gasteiger partial charge < -0.3 is 14.5 Å². The number of pyridine rings is 1. The number of fused-ring (bicyclic) bond motifs is 4. The highest BCUT2D eigenvalue weighted by Gasteiger charge is 2.24. The van der Waals surface area contributed by atoms with Crippen LogP contribution >= 0.6 is 0 Å². The third-order valence-corrected chi connectivity index (χ3v) is 7.22. The summed E-state index contributed by atoms with van der Waals surface area (Å²) in [5.74, 6) is 0.576. The van der Waals surface area contributed by atoms with E-state index in [2.05, 4.69) is 79.5 Å². The summed E-state index contributed by atoms with van der Waals surface area (Å²) in [6, 6.07) is 11.1. The Morgan fingerprint density at radius 3 is 2.52 bits per heavy atom. The van der Waals surface area contributed by atoms with E-state index in [0.717, 1.165) is 52.3 Å². The van der Waals surface area contributed by atoms with Crippen LogP contribution in [-0.2, 0) is 6.42 Å². The first-order valence-corrected chi connectivity index (χ1v) is 11.7. The molecule has 0 amide bonds. The predicted molar refractivity (Wildman–Crippen MR) is 132 cm³/mol. The average Bonchev–Trinajstić information content (AvgIpc) is 3.11. The summed E-state index contributed by atoms with van der Waals surface area (Å²) < 4.78 is 2.35. The van der Waals surface area contributed by atoms with E-state index in [-0.39, 0.29) is 11.5 Å². The summed E-state index contributed by atoms with van der Waals surface area (Å²) in [5.41, 5.74) is 7.20. The van der Waals surface area contributed by atoms with Gasteiger partial charge in [-0.25, -0.2) is 0 Å². The van der Waals surface area contributed by atoms with Crippen molar-refractivity contribution in [3.8, 4) is 0 Å². The number of aromatic nitrogens is 2. The lowest BCUT2D eigenvalue weighted by molar-refractivity contribution is 0.255. The molecule has 1 aliphatic heterocycles. The Hall–Kier alpha value is -2.59. The van der Waals surface area contributed by atoms with Crippen LogP contribution in [0.15, 0.2) is 35.1 Å². The van der Waals surface area contributed by atoms with Crippen LogP contribution in [0.5, 0.6) is 0 Å². The molecule has 3 heterocycles. The predicted octanol–water partition coefficient (Wildman–Crippen LogP) is 5.90. The molecule has 31 heavy (non-hydrogen) atoms. The molecule has 1 aliphatic rings. The number of aryl methyl sites for hydroxylation is 2. The van der Waals surface area contributed by atoms with Crippen molar-refractivity contribution in [3.05, 3.63) is 57.2 Å². The summed E-state index contributed by atoms with van der Waals surface area (Å²) in [5, 5.41) is 2.71. The molecule has 0 spiro atoms. The molecular weight excluding hydrogens is 382 g/mol. The van der Waals surface area contributed by atoms with Gasteiger partial charge in [-0.15, -0.1) is 0 Å². The molecule has 0 atom stereocenters. The van der Waals surface area contributed by atoms with Crippen LogP contribution in [0.25, 0.3) is 32.8 Å². The van der Waals surface area contributed by atoms with Gasteiger partial charge in [0, 0.05) is 22.3 Å². The molecule has 1 saturated heterocycles. The van der Waals surface area contributed by atoms with Crippen molar-refractivity contribution >= 4 is 32.8 Å². The van der Waals surface area contributed by atoms with E-state index >= 15 is 0 Å². The molecule has 162 valence electrons. The van der Waals surface area contributed by atoms with E-state index in [1.54, 1.807) is 0 Å². The normalized spacial score (nSPS) is 16.3. The van der Waals surface area contributed by atoms with E-state index < -0.39 is 0 Å². The highest BCUT2D eigenvalue weighted by atomic mass is 16.1. The zero-order valence-electron chi connectivity index (χ0n) is 19.4. The van der Waals surface area contributed by atoms with Crippen LogP contribution < -0.4 is 5.43 Å². The fraction of sp³-hybridized carbons (Fsp3) is 0.444. The molecule has 4 nitrogen and oxygen atoms in total. The van der Waals surface area contributed by atoms with Crippen LogP contribution in [0.1, 0.15) is 62.3 Å². The Bertz CT molecular complexity index is 1350. The highest BCUT2D eigenvalue weighted by Crippen LogP contribution is 2.35. The lowest BCUT2D eigenvalue weighted by Gasteiger charge is -2.31. The van der Waals surface area contributed by atoms with Gasteiger partial charge in [-0.2, -0.15) is 0 Å². The fourth-order valence-electron chi connectivity index (χ4n) is 5.54. The smallest absolute Gasteiger partial charge is 0.199 e. The van der Waals surface area contributed by atoms with Gasteiger partial charge in [-0.05, 0) is 101 Å². The molecule has 0 radical (unpaired) electrons. The van der Waals surface area contributed by atoms with E-state index in [1.165, 1.54) is 29.5 Å². The Morgan fingerprint density at radius 2 is 1.84 bits per heavy atom. The molecule has 0 aliphatic carbocycles. The van der Waals surface area contributed by atoms with E-state index in [9.17, 15) is 4.79 Å². The second kappa shape index (κ2) is 7.52. The minimum Gasteiger partial charge on any atom is -0.340 e. The van der Waals surface area contributed by atoms with Crippen LogP contribution in [0.4, 0.5) is 0 Å². The van der Waals surface area contributed by atoms with E-state index in [0.29, 0.717) is 5.92 Å². The van der Waals surface area contributed by atoms with Gasteiger partial charge in [0.1, 0.15) is 5.65 Å². The summed E-state index contributed by atoms with van der Waals surface area (Å²) in [6.07, 6.45) is 3.34. The lowest BCUT2D eigenvalue weighted by atomic mass is 9.85. The maximum Gasteiger partial charge on any atom is 0.199 e. The minimum atomic E-state index is 0.154.